The molecule has 0 bridgehead atoms. The summed E-state index contributed by atoms with van der Waals surface area (Å²) >= 11 is 0. The first kappa shape index (κ1) is 15.8. The Morgan fingerprint density at radius 2 is 2.12 bits per heavy atom. The normalized spacial score (nSPS) is 18.6. The number of aromatic nitrogens is 3. The molecule has 3 aromatic rings. The van der Waals surface area contributed by atoms with Crippen LogP contribution in [0.1, 0.15) is 24.5 Å². The van der Waals surface area contributed by atoms with Gasteiger partial charge in [0.1, 0.15) is 0 Å². The second kappa shape index (κ2) is 6.68. The van der Waals surface area contributed by atoms with Crippen molar-refractivity contribution in [1.82, 2.24) is 19.4 Å². The summed E-state index contributed by atoms with van der Waals surface area (Å²) in [7, 11) is 0. The molecule has 1 aliphatic rings. The average molecular weight is 340 g/mol. The van der Waals surface area contributed by atoms with Crippen molar-refractivity contribution in [3.63, 3.8) is 0 Å². The number of nitrogens with one attached hydrogen (secondary N) is 1. The monoisotopic (exact) mass is 340 g/mol. The summed E-state index contributed by atoms with van der Waals surface area (Å²) < 4.78 is 6.97. The van der Waals surface area contributed by atoms with Gasteiger partial charge < -0.3 is 14.3 Å². The third-order valence-corrected chi connectivity index (χ3v) is 4.84. The molecule has 130 valence electrons. The number of hydrogen-bond acceptors (Lipinski definition) is 5. The number of oxazole rings is 1. The van der Waals surface area contributed by atoms with E-state index < -0.39 is 0 Å². The van der Waals surface area contributed by atoms with E-state index >= 15 is 0 Å². The molecule has 1 atom stereocenters. The van der Waals surface area contributed by atoms with Crippen LogP contribution in [0.4, 0.5) is 0 Å². The molecule has 1 aliphatic heterocycles. The summed E-state index contributed by atoms with van der Waals surface area (Å²) in [5, 5.41) is 0. The zero-order chi connectivity index (χ0) is 17.2. The van der Waals surface area contributed by atoms with Gasteiger partial charge in [0.05, 0.1) is 17.5 Å². The number of hydrogen-bond donors (Lipinski definition) is 1. The van der Waals surface area contributed by atoms with Crippen molar-refractivity contribution < 1.29 is 4.42 Å². The second-order valence-corrected chi connectivity index (χ2v) is 6.46. The summed E-state index contributed by atoms with van der Waals surface area (Å²) in [5.74, 6) is -0.0557. The molecular formula is C18H20N4O3. The van der Waals surface area contributed by atoms with Crippen LogP contribution in [0.2, 0.25) is 0 Å². The van der Waals surface area contributed by atoms with Crippen molar-refractivity contribution in [3.8, 4) is 0 Å². The smallest absolute Gasteiger partial charge is 0.408 e. The fourth-order valence-electron chi connectivity index (χ4n) is 3.57. The number of likely N-dealkylation sites (tertiary alicyclic amines) is 1. The van der Waals surface area contributed by atoms with Gasteiger partial charge in [-0.2, -0.15) is 0 Å². The molecule has 0 saturated carbocycles. The number of H-pyrrole nitrogens is 1. The Labute approximate surface area is 143 Å². The van der Waals surface area contributed by atoms with E-state index in [4.69, 9.17) is 4.42 Å². The molecule has 7 heteroatoms. The zero-order valence-corrected chi connectivity index (χ0v) is 13.9. The highest BCUT2D eigenvalue weighted by molar-refractivity contribution is 5.72. The molecule has 1 saturated heterocycles. The van der Waals surface area contributed by atoms with Gasteiger partial charge in [-0.1, -0.05) is 12.1 Å². The number of nitrogens with zero attached hydrogens (tertiary/aromatic N) is 3. The fraction of sp³-hybridized carbons (Fsp3) is 0.389. The Morgan fingerprint density at radius 1 is 1.24 bits per heavy atom. The summed E-state index contributed by atoms with van der Waals surface area (Å²) in [5.41, 5.74) is 2.19. The molecule has 1 fully saturated rings. The minimum absolute atomic E-state index is 0.112. The maximum Gasteiger partial charge on any atom is 0.419 e. The number of fused-ring (bicyclic) bond motifs is 1. The van der Waals surface area contributed by atoms with E-state index in [0.717, 1.165) is 43.7 Å². The Morgan fingerprint density at radius 3 is 3.00 bits per heavy atom. The van der Waals surface area contributed by atoms with Crippen molar-refractivity contribution >= 4 is 11.1 Å². The van der Waals surface area contributed by atoms with Crippen LogP contribution in [0, 0.1) is 0 Å². The molecule has 0 spiro atoms. The van der Waals surface area contributed by atoms with Gasteiger partial charge in [-0.05, 0) is 31.5 Å². The second-order valence-electron chi connectivity index (χ2n) is 6.46. The number of para-hydroxylation sites is 2. The Bertz CT molecular complexity index is 987. The first-order valence-corrected chi connectivity index (χ1v) is 8.56. The third-order valence-electron chi connectivity index (χ3n) is 4.84. The number of aromatic amines is 1. The van der Waals surface area contributed by atoms with Crippen LogP contribution in [0.15, 0.2) is 50.7 Å². The molecule has 4 rings (SSSR count). The largest absolute Gasteiger partial charge is 0.419 e. The predicted molar refractivity (Wildman–Crippen MR) is 93.7 cm³/mol. The minimum atomic E-state index is -0.314. The van der Waals surface area contributed by atoms with Gasteiger partial charge in [0.25, 0.3) is 5.56 Å². The molecule has 0 radical (unpaired) electrons. The molecule has 0 aliphatic carbocycles. The molecular weight excluding hydrogens is 320 g/mol. The topological polar surface area (TPSA) is 84.1 Å². The molecule has 25 heavy (non-hydrogen) atoms. The first-order valence-electron chi connectivity index (χ1n) is 8.56. The van der Waals surface area contributed by atoms with E-state index in [0.29, 0.717) is 12.1 Å². The van der Waals surface area contributed by atoms with E-state index in [9.17, 15) is 9.59 Å². The fourth-order valence-corrected chi connectivity index (χ4v) is 3.57. The highest BCUT2D eigenvalue weighted by Gasteiger charge is 2.22. The van der Waals surface area contributed by atoms with Crippen molar-refractivity contribution in [2.24, 2.45) is 0 Å². The standard InChI is InChI=1S/C18H20N4O3/c23-17-10-14(19-12-20-17)13-4-3-7-21(11-13)8-9-22-15-5-1-2-6-16(15)25-18(22)24/h1-2,5-6,10,12-13H,3-4,7-9,11H2,(H,19,20,23). The lowest BCUT2D eigenvalue weighted by atomic mass is 9.94. The SMILES string of the molecule is O=c1cc(C2CCCN(CCn3c(=O)oc4ccccc43)C2)nc[nH]1. The lowest BCUT2D eigenvalue weighted by molar-refractivity contribution is 0.198. The quantitative estimate of drug-likeness (QED) is 0.779. The summed E-state index contributed by atoms with van der Waals surface area (Å²) in [6.07, 6.45) is 3.55. The van der Waals surface area contributed by atoms with Gasteiger partial charge in [-0.3, -0.25) is 9.36 Å². The van der Waals surface area contributed by atoms with E-state index in [1.165, 1.54) is 6.33 Å². The maximum atomic E-state index is 12.1. The minimum Gasteiger partial charge on any atom is -0.408 e. The van der Waals surface area contributed by atoms with Crippen LogP contribution in [-0.2, 0) is 6.54 Å². The molecule has 3 heterocycles. The lowest BCUT2D eigenvalue weighted by Gasteiger charge is -2.32. The van der Waals surface area contributed by atoms with Gasteiger partial charge in [-0.25, -0.2) is 9.78 Å². The van der Waals surface area contributed by atoms with Crippen LogP contribution in [0.5, 0.6) is 0 Å². The summed E-state index contributed by atoms with van der Waals surface area (Å²) in [6, 6.07) is 9.06. The van der Waals surface area contributed by atoms with Gasteiger partial charge in [-0.15, -0.1) is 0 Å². The Kier molecular flexibility index (Phi) is 4.23. The molecule has 1 N–H and O–H groups in total. The molecule has 1 aromatic carbocycles. The van der Waals surface area contributed by atoms with Gasteiger partial charge >= 0.3 is 5.76 Å². The molecule has 1 unspecified atom stereocenters. The van der Waals surface area contributed by atoms with Crippen LogP contribution >= 0.6 is 0 Å². The van der Waals surface area contributed by atoms with Crippen molar-refractivity contribution in [3.05, 3.63) is 63.3 Å². The predicted octanol–water partition coefficient (Wildman–Crippen LogP) is 1.56. The van der Waals surface area contributed by atoms with Crippen LogP contribution in [-0.4, -0.2) is 39.1 Å². The third kappa shape index (κ3) is 3.28. The van der Waals surface area contributed by atoms with Gasteiger partial charge in [0.15, 0.2) is 5.58 Å². The van der Waals surface area contributed by atoms with E-state index in [2.05, 4.69) is 14.9 Å². The van der Waals surface area contributed by atoms with Gasteiger partial charge in [0.2, 0.25) is 0 Å². The zero-order valence-electron chi connectivity index (χ0n) is 13.9. The van der Waals surface area contributed by atoms with Gasteiger partial charge in [0, 0.05) is 31.6 Å². The maximum absolute atomic E-state index is 12.1. The van der Waals surface area contributed by atoms with E-state index in [1.54, 1.807) is 10.6 Å². The summed E-state index contributed by atoms with van der Waals surface area (Å²) in [6.45, 7) is 3.19. The van der Waals surface area contributed by atoms with E-state index in [-0.39, 0.29) is 17.2 Å². The average Bonchev–Trinajstić information content (AvgIpc) is 2.95. The Balaban J connectivity index is 1.46. The highest BCUT2D eigenvalue weighted by atomic mass is 16.4. The number of piperidine rings is 1. The number of benzene rings is 1. The van der Waals surface area contributed by atoms with Crippen molar-refractivity contribution in [2.45, 2.75) is 25.3 Å². The highest BCUT2D eigenvalue weighted by Crippen LogP contribution is 2.24. The molecule has 7 nitrogen and oxygen atoms in total. The van der Waals surface area contributed by atoms with Crippen molar-refractivity contribution in [1.29, 1.82) is 0 Å². The van der Waals surface area contributed by atoms with Crippen molar-refractivity contribution in [2.75, 3.05) is 19.6 Å². The van der Waals surface area contributed by atoms with E-state index in [1.807, 2.05) is 24.3 Å². The van der Waals surface area contributed by atoms with Crippen LogP contribution < -0.4 is 11.3 Å². The Hall–Kier alpha value is -2.67. The van der Waals surface area contributed by atoms with Crippen LogP contribution in [0.25, 0.3) is 11.1 Å². The lowest BCUT2D eigenvalue weighted by Crippen LogP contribution is -2.37. The van der Waals surface area contributed by atoms with Crippen LogP contribution in [0.3, 0.4) is 0 Å². The number of rotatable bonds is 4. The molecule has 0 amide bonds. The molecule has 2 aromatic heterocycles. The summed E-state index contributed by atoms with van der Waals surface area (Å²) in [4.78, 5) is 32.8. The first-order chi connectivity index (χ1) is 12.2.